The largest absolute Gasteiger partial charge is 0.339 e. The summed E-state index contributed by atoms with van der Waals surface area (Å²) in [6.45, 7) is 4.28. The lowest BCUT2D eigenvalue weighted by Gasteiger charge is -2.08. The highest BCUT2D eigenvalue weighted by Crippen LogP contribution is 2.25. The Kier molecular flexibility index (Phi) is 6.24. The predicted octanol–water partition coefficient (Wildman–Crippen LogP) is 5.47. The summed E-state index contributed by atoms with van der Waals surface area (Å²) in [5.74, 6) is 1.40. The molecule has 2 aromatic carbocycles. The van der Waals surface area contributed by atoms with Crippen LogP contribution in [0.3, 0.4) is 0 Å². The van der Waals surface area contributed by atoms with Gasteiger partial charge in [0.05, 0.1) is 5.02 Å². The Bertz CT molecular complexity index is 904. The number of nitrogens with zero attached hydrogens (tertiary/aromatic N) is 2. The second-order valence-electron chi connectivity index (χ2n) is 6.67. The number of aryl methyl sites for hydroxylation is 1. The maximum Gasteiger partial charge on any atom is 0.226 e. The first-order valence-corrected chi connectivity index (χ1v) is 9.38. The minimum Gasteiger partial charge on any atom is -0.339 e. The molecule has 0 fully saturated rings. The van der Waals surface area contributed by atoms with Crippen molar-refractivity contribution in [2.45, 2.75) is 39.0 Å². The fourth-order valence-corrected chi connectivity index (χ4v) is 2.90. The molecule has 1 heterocycles. The summed E-state index contributed by atoms with van der Waals surface area (Å²) in [6.07, 6.45) is 1.55. The van der Waals surface area contributed by atoms with E-state index in [1.54, 1.807) is 6.07 Å². The molecule has 140 valence electrons. The van der Waals surface area contributed by atoms with Crippen LogP contribution < -0.4 is 5.32 Å². The molecule has 0 aliphatic rings. The minimum absolute atomic E-state index is 0.0295. The van der Waals surface area contributed by atoms with Crippen molar-refractivity contribution in [3.63, 3.8) is 0 Å². The Morgan fingerprint density at radius 3 is 2.59 bits per heavy atom. The van der Waals surface area contributed by atoms with Crippen molar-refractivity contribution >= 4 is 23.2 Å². The number of nitrogens with one attached hydrogen (secondary N) is 1. The molecular formula is C21H22ClN3O2. The molecule has 0 aliphatic carbocycles. The predicted molar refractivity (Wildman–Crippen MR) is 107 cm³/mol. The van der Waals surface area contributed by atoms with Crippen LogP contribution in [0, 0.1) is 0 Å². The third kappa shape index (κ3) is 5.17. The first-order valence-electron chi connectivity index (χ1n) is 9.00. The second kappa shape index (κ2) is 8.82. The lowest BCUT2D eigenvalue weighted by molar-refractivity contribution is -0.116. The van der Waals surface area contributed by atoms with Crippen LogP contribution in [0.2, 0.25) is 5.02 Å². The van der Waals surface area contributed by atoms with Crippen molar-refractivity contribution in [2.24, 2.45) is 0 Å². The van der Waals surface area contributed by atoms with E-state index in [2.05, 4.69) is 29.3 Å². The van der Waals surface area contributed by atoms with Crippen molar-refractivity contribution in [2.75, 3.05) is 5.32 Å². The van der Waals surface area contributed by atoms with Gasteiger partial charge >= 0.3 is 0 Å². The van der Waals surface area contributed by atoms with Gasteiger partial charge in [0.15, 0.2) is 0 Å². The number of anilines is 1. The van der Waals surface area contributed by atoms with Crippen LogP contribution in [-0.2, 0) is 11.2 Å². The highest BCUT2D eigenvalue weighted by atomic mass is 35.5. The molecule has 0 unspecified atom stereocenters. The van der Waals surface area contributed by atoms with Gasteiger partial charge in [0.25, 0.3) is 0 Å². The molecule has 1 amide bonds. The summed E-state index contributed by atoms with van der Waals surface area (Å²) < 4.78 is 5.26. The Hall–Kier alpha value is -2.66. The molecule has 5 nitrogen and oxygen atoms in total. The van der Waals surface area contributed by atoms with E-state index in [0.29, 0.717) is 41.9 Å². The van der Waals surface area contributed by atoms with Crippen molar-refractivity contribution in [3.05, 3.63) is 65.0 Å². The molecule has 0 atom stereocenters. The molecule has 3 aromatic rings. The summed E-state index contributed by atoms with van der Waals surface area (Å²) in [5, 5.41) is 7.45. The lowest BCUT2D eigenvalue weighted by Crippen LogP contribution is -2.11. The Morgan fingerprint density at radius 2 is 1.89 bits per heavy atom. The molecule has 0 aliphatic heterocycles. The molecule has 0 saturated heterocycles. The van der Waals surface area contributed by atoms with Gasteiger partial charge in [-0.05, 0) is 42.2 Å². The standard InChI is InChI=1S/C21H22ClN3O2/c1-14(2)15-10-12-16(13-11-15)23-19(26)8-5-9-20-24-21(25-27-20)17-6-3-4-7-18(17)22/h3-4,6-7,10-14H,5,8-9H2,1-2H3,(H,23,26). The zero-order valence-corrected chi connectivity index (χ0v) is 16.2. The summed E-state index contributed by atoms with van der Waals surface area (Å²) in [4.78, 5) is 16.5. The summed E-state index contributed by atoms with van der Waals surface area (Å²) in [5.41, 5.74) is 2.79. The monoisotopic (exact) mass is 383 g/mol. The van der Waals surface area contributed by atoms with E-state index in [4.69, 9.17) is 16.1 Å². The average molecular weight is 384 g/mol. The van der Waals surface area contributed by atoms with Crippen LogP contribution in [0.25, 0.3) is 11.4 Å². The summed E-state index contributed by atoms with van der Waals surface area (Å²) in [7, 11) is 0. The molecule has 27 heavy (non-hydrogen) atoms. The molecule has 0 bridgehead atoms. The van der Waals surface area contributed by atoms with Gasteiger partial charge in [0.1, 0.15) is 0 Å². The fraction of sp³-hybridized carbons (Fsp3) is 0.286. The van der Waals surface area contributed by atoms with Crippen molar-refractivity contribution < 1.29 is 9.32 Å². The number of hydrogen-bond acceptors (Lipinski definition) is 4. The number of carbonyl (C=O) groups excluding carboxylic acids is 1. The smallest absolute Gasteiger partial charge is 0.226 e. The van der Waals surface area contributed by atoms with Crippen molar-refractivity contribution in [3.8, 4) is 11.4 Å². The SMILES string of the molecule is CC(C)c1ccc(NC(=O)CCCc2nc(-c3ccccc3Cl)no2)cc1. The van der Waals surface area contributed by atoms with Gasteiger partial charge in [-0.2, -0.15) is 4.98 Å². The number of hydrogen-bond donors (Lipinski definition) is 1. The summed E-state index contributed by atoms with van der Waals surface area (Å²) >= 11 is 6.14. The van der Waals surface area contributed by atoms with Crippen LogP contribution in [-0.4, -0.2) is 16.0 Å². The third-order valence-electron chi connectivity index (χ3n) is 4.24. The normalized spacial score (nSPS) is 11.0. The van der Waals surface area contributed by atoms with E-state index >= 15 is 0 Å². The first kappa shape index (κ1) is 19.1. The van der Waals surface area contributed by atoms with E-state index < -0.39 is 0 Å². The van der Waals surface area contributed by atoms with Crippen molar-refractivity contribution in [1.82, 2.24) is 10.1 Å². The highest BCUT2D eigenvalue weighted by Gasteiger charge is 2.12. The molecule has 1 aromatic heterocycles. The van der Waals surface area contributed by atoms with Crippen molar-refractivity contribution in [1.29, 1.82) is 0 Å². The Morgan fingerprint density at radius 1 is 1.15 bits per heavy atom. The molecule has 0 spiro atoms. The van der Waals surface area contributed by atoms with E-state index in [1.165, 1.54) is 5.56 Å². The van der Waals surface area contributed by atoms with Gasteiger partial charge in [0, 0.05) is 24.1 Å². The zero-order chi connectivity index (χ0) is 19.2. The van der Waals surface area contributed by atoms with Gasteiger partial charge in [-0.1, -0.05) is 54.9 Å². The number of rotatable bonds is 7. The lowest BCUT2D eigenvalue weighted by atomic mass is 10.0. The quantitative estimate of drug-likeness (QED) is 0.587. The topological polar surface area (TPSA) is 68.0 Å². The van der Waals surface area contributed by atoms with E-state index in [1.807, 2.05) is 42.5 Å². The van der Waals surface area contributed by atoms with E-state index in [9.17, 15) is 4.79 Å². The molecular weight excluding hydrogens is 362 g/mol. The second-order valence-corrected chi connectivity index (χ2v) is 7.08. The highest BCUT2D eigenvalue weighted by molar-refractivity contribution is 6.33. The molecule has 0 radical (unpaired) electrons. The van der Waals surface area contributed by atoms with Gasteiger partial charge < -0.3 is 9.84 Å². The van der Waals surface area contributed by atoms with Gasteiger partial charge in [0.2, 0.25) is 17.6 Å². The number of amides is 1. The van der Waals surface area contributed by atoms with Gasteiger partial charge in [-0.15, -0.1) is 0 Å². The molecule has 0 saturated carbocycles. The van der Waals surface area contributed by atoms with Crippen LogP contribution >= 0.6 is 11.6 Å². The molecule has 6 heteroatoms. The minimum atomic E-state index is -0.0295. The average Bonchev–Trinajstić information content (AvgIpc) is 3.11. The number of halogens is 1. The maximum absolute atomic E-state index is 12.1. The van der Waals surface area contributed by atoms with Crippen LogP contribution in [0.1, 0.15) is 44.1 Å². The van der Waals surface area contributed by atoms with Gasteiger partial charge in [-0.3, -0.25) is 4.79 Å². The van der Waals surface area contributed by atoms with Gasteiger partial charge in [-0.25, -0.2) is 0 Å². The Balaban J connectivity index is 1.48. The maximum atomic E-state index is 12.1. The fourth-order valence-electron chi connectivity index (χ4n) is 2.68. The van der Waals surface area contributed by atoms with E-state index in [-0.39, 0.29) is 5.91 Å². The van der Waals surface area contributed by atoms with Crippen LogP contribution in [0.5, 0.6) is 0 Å². The number of carbonyl (C=O) groups is 1. The number of aromatic nitrogens is 2. The Labute approximate surface area is 163 Å². The number of benzene rings is 2. The van der Waals surface area contributed by atoms with E-state index in [0.717, 1.165) is 11.3 Å². The van der Waals surface area contributed by atoms with Crippen LogP contribution in [0.4, 0.5) is 5.69 Å². The molecule has 1 N–H and O–H groups in total. The zero-order valence-electron chi connectivity index (χ0n) is 15.4. The van der Waals surface area contributed by atoms with Crippen LogP contribution in [0.15, 0.2) is 53.1 Å². The third-order valence-corrected chi connectivity index (χ3v) is 4.57. The summed E-state index contributed by atoms with van der Waals surface area (Å²) in [6, 6.07) is 15.3. The molecule has 3 rings (SSSR count). The first-order chi connectivity index (χ1) is 13.0.